The van der Waals surface area contributed by atoms with Gasteiger partial charge in [0, 0.05) is 12.0 Å². The van der Waals surface area contributed by atoms with E-state index < -0.39 is 11.8 Å². The summed E-state index contributed by atoms with van der Waals surface area (Å²) in [6.45, 7) is 0.599. The highest BCUT2D eigenvalue weighted by atomic mass is 16.5. The molecule has 0 fully saturated rings. The van der Waals surface area contributed by atoms with Crippen molar-refractivity contribution in [1.82, 2.24) is 0 Å². The zero-order valence-electron chi connectivity index (χ0n) is 11.6. The number of carbonyl (C=O) groups excluding carboxylic acids is 2. The molecule has 0 spiro atoms. The third-order valence-electron chi connectivity index (χ3n) is 3.31. The minimum Gasteiger partial charge on any atom is -0.497 e. The average Bonchev–Trinajstić information content (AvgIpc) is 2.52. The molecule has 0 unspecified atom stereocenters. The van der Waals surface area contributed by atoms with Gasteiger partial charge >= 0.3 is 5.97 Å². The molecule has 0 amide bonds. The highest BCUT2D eigenvalue weighted by Crippen LogP contribution is 2.24. The van der Waals surface area contributed by atoms with E-state index in [0.29, 0.717) is 30.8 Å². The molecule has 0 saturated carbocycles. The van der Waals surface area contributed by atoms with Crippen LogP contribution in [0.4, 0.5) is 0 Å². The smallest absolute Gasteiger partial charge is 0.379 e. The van der Waals surface area contributed by atoms with Crippen molar-refractivity contribution < 1.29 is 19.1 Å². The summed E-state index contributed by atoms with van der Waals surface area (Å²) in [7, 11) is 1.22. The molecular weight excluding hydrogens is 256 g/mol. The van der Waals surface area contributed by atoms with Crippen LogP contribution in [0.25, 0.3) is 0 Å². The lowest BCUT2D eigenvalue weighted by molar-refractivity contribution is -0.150. The molecule has 0 aliphatic carbocycles. The number of hydrogen-bond acceptors (Lipinski definition) is 4. The molecule has 1 aromatic rings. The van der Waals surface area contributed by atoms with Crippen molar-refractivity contribution in [3.05, 3.63) is 47.2 Å². The Morgan fingerprint density at radius 2 is 1.95 bits per heavy atom. The lowest BCUT2D eigenvalue weighted by atomic mass is 9.98. The van der Waals surface area contributed by atoms with Crippen molar-refractivity contribution in [3.63, 3.8) is 0 Å². The molecule has 1 aliphatic rings. The quantitative estimate of drug-likeness (QED) is 0.611. The predicted molar refractivity (Wildman–Crippen MR) is 74.0 cm³/mol. The molecule has 106 valence electrons. The van der Waals surface area contributed by atoms with Gasteiger partial charge < -0.3 is 9.47 Å². The molecule has 2 rings (SSSR count). The first-order chi connectivity index (χ1) is 9.72. The van der Waals surface area contributed by atoms with E-state index in [1.54, 1.807) is 0 Å². The molecule has 0 radical (unpaired) electrons. The number of ketones is 1. The zero-order chi connectivity index (χ0) is 14.4. The van der Waals surface area contributed by atoms with E-state index in [4.69, 9.17) is 4.74 Å². The summed E-state index contributed by atoms with van der Waals surface area (Å²) in [6.07, 6.45) is 2.75. The molecule has 0 atom stereocenters. The number of methoxy groups -OCH3 is 1. The van der Waals surface area contributed by atoms with Gasteiger partial charge in [0.25, 0.3) is 5.78 Å². The van der Waals surface area contributed by atoms with Gasteiger partial charge in [-0.3, -0.25) is 4.79 Å². The maximum absolute atomic E-state index is 11.9. The van der Waals surface area contributed by atoms with Crippen molar-refractivity contribution >= 4 is 11.8 Å². The Labute approximate surface area is 118 Å². The number of aryl methyl sites for hydroxylation is 1. The van der Waals surface area contributed by atoms with Crippen molar-refractivity contribution in [2.45, 2.75) is 25.7 Å². The van der Waals surface area contributed by atoms with E-state index in [0.717, 1.165) is 12.8 Å². The first-order valence-corrected chi connectivity index (χ1v) is 6.73. The van der Waals surface area contributed by atoms with Crippen molar-refractivity contribution in [2.75, 3.05) is 13.7 Å². The van der Waals surface area contributed by atoms with Gasteiger partial charge in [0.05, 0.1) is 13.7 Å². The lowest BCUT2D eigenvalue weighted by Gasteiger charge is -2.20. The number of carbonyl (C=O) groups is 2. The van der Waals surface area contributed by atoms with Crippen molar-refractivity contribution in [3.8, 4) is 0 Å². The van der Waals surface area contributed by atoms with Gasteiger partial charge in [-0.2, -0.15) is 0 Å². The van der Waals surface area contributed by atoms with E-state index >= 15 is 0 Å². The molecule has 0 N–H and O–H groups in total. The number of ether oxygens (including phenoxy) is 2. The van der Waals surface area contributed by atoms with Crippen molar-refractivity contribution in [2.24, 2.45) is 0 Å². The van der Waals surface area contributed by atoms with Gasteiger partial charge in [-0.15, -0.1) is 0 Å². The number of hydrogen-bond donors (Lipinski definition) is 0. The monoisotopic (exact) mass is 274 g/mol. The standard InChI is InChI=1S/C16H18O4/c1-19-16(18)15(17)13-8-5-11-20-14(13)10-9-12-6-3-2-4-7-12/h2-4,6-7H,5,8-11H2,1H3. The van der Waals surface area contributed by atoms with Crippen LogP contribution in [0.1, 0.15) is 24.8 Å². The van der Waals surface area contributed by atoms with Gasteiger partial charge in [-0.05, 0) is 24.8 Å². The lowest BCUT2D eigenvalue weighted by Crippen LogP contribution is -2.22. The summed E-state index contributed by atoms with van der Waals surface area (Å²) in [5.74, 6) is -0.756. The summed E-state index contributed by atoms with van der Waals surface area (Å²) in [5, 5.41) is 0. The minimum absolute atomic E-state index is 0.471. The SMILES string of the molecule is COC(=O)C(=O)C1=C(CCc2ccccc2)OCCC1. The number of rotatable bonds is 5. The molecule has 0 saturated heterocycles. The molecule has 0 bridgehead atoms. The fourth-order valence-electron chi connectivity index (χ4n) is 2.25. The Hall–Kier alpha value is -2.10. The Morgan fingerprint density at radius 1 is 1.20 bits per heavy atom. The third-order valence-corrected chi connectivity index (χ3v) is 3.31. The normalized spacial score (nSPS) is 14.7. The second-order valence-corrected chi connectivity index (χ2v) is 4.66. The molecular formula is C16H18O4. The van der Waals surface area contributed by atoms with Gasteiger partial charge in [0.15, 0.2) is 0 Å². The van der Waals surface area contributed by atoms with Gasteiger partial charge in [-0.25, -0.2) is 4.79 Å². The molecule has 1 aliphatic heterocycles. The van der Waals surface area contributed by atoms with E-state index in [9.17, 15) is 9.59 Å². The maximum Gasteiger partial charge on any atom is 0.379 e. The summed E-state index contributed by atoms with van der Waals surface area (Å²) in [5.41, 5.74) is 1.65. The summed E-state index contributed by atoms with van der Waals surface area (Å²) in [6, 6.07) is 9.99. The van der Waals surface area contributed by atoms with E-state index in [1.165, 1.54) is 12.7 Å². The van der Waals surface area contributed by atoms with E-state index in [2.05, 4.69) is 4.74 Å². The number of benzene rings is 1. The van der Waals surface area contributed by atoms with Crippen molar-refractivity contribution in [1.29, 1.82) is 0 Å². The Bertz CT molecular complexity index is 517. The van der Waals surface area contributed by atoms with Crippen LogP contribution in [0.5, 0.6) is 0 Å². The second-order valence-electron chi connectivity index (χ2n) is 4.66. The molecule has 0 aromatic heterocycles. The van der Waals surface area contributed by atoms with Crippen LogP contribution in [-0.2, 0) is 25.5 Å². The molecule has 20 heavy (non-hydrogen) atoms. The minimum atomic E-state index is -0.817. The van der Waals surface area contributed by atoms with Gasteiger partial charge in [0.1, 0.15) is 5.76 Å². The molecule has 1 aromatic carbocycles. The van der Waals surface area contributed by atoms with E-state index in [1.807, 2.05) is 30.3 Å². The maximum atomic E-state index is 11.9. The largest absolute Gasteiger partial charge is 0.497 e. The van der Waals surface area contributed by atoms with E-state index in [-0.39, 0.29) is 0 Å². The third kappa shape index (κ3) is 3.47. The van der Waals surface area contributed by atoms with Crippen LogP contribution in [0, 0.1) is 0 Å². The highest BCUT2D eigenvalue weighted by Gasteiger charge is 2.26. The van der Waals surface area contributed by atoms with Crippen LogP contribution in [0.2, 0.25) is 0 Å². The Kier molecular flexibility index (Phi) is 4.93. The van der Waals surface area contributed by atoms with Crippen LogP contribution in [0.15, 0.2) is 41.7 Å². The highest BCUT2D eigenvalue weighted by molar-refractivity contribution is 6.40. The molecule has 4 heteroatoms. The van der Waals surface area contributed by atoms with Crippen LogP contribution >= 0.6 is 0 Å². The summed E-state index contributed by atoms with van der Waals surface area (Å²) < 4.78 is 10.1. The van der Waals surface area contributed by atoms with Gasteiger partial charge in [-0.1, -0.05) is 30.3 Å². The molecule has 4 nitrogen and oxygen atoms in total. The van der Waals surface area contributed by atoms with Crippen LogP contribution in [0.3, 0.4) is 0 Å². The summed E-state index contributed by atoms with van der Waals surface area (Å²) in [4.78, 5) is 23.3. The first kappa shape index (κ1) is 14.3. The van der Waals surface area contributed by atoms with Crippen LogP contribution < -0.4 is 0 Å². The predicted octanol–water partition coefficient (Wildman–Crippen LogP) is 2.43. The Morgan fingerprint density at radius 3 is 2.65 bits per heavy atom. The Balaban J connectivity index is 2.10. The number of allylic oxidation sites excluding steroid dienone is 1. The number of Topliss-reactive ketones (excluding diaryl/α,β-unsaturated/α-hetero) is 1. The first-order valence-electron chi connectivity index (χ1n) is 6.73. The van der Waals surface area contributed by atoms with Gasteiger partial charge in [0.2, 0.25) is 0 Å². The second kappa shape index (κ2) is 6.89. The average molecular weight is 274 g/mol. The zero-order valence-corrected chi connectivity index (χ0v) is 11.6. The fourth-order valence-corrected chi connectivity index (χ4v) is 2.25. The summed E-state index contributed by atoms with van der Waals surface area (Å²) >= 11 is 0. The topological polar surface area (TPSA) is 52.6 Å². The number of esters is 1. The molecule has 1 heterocycles. The van der Waals surface area contributed by atoms with Crippen LogP contribution in [-0.4, -0.2) is 25.5 Å². The fraction of sp³-hybridized carbons (Fsp3) is 0.375.